The number of benzene rings is 1. The first-order chi connectivity index (χ1) is 12.1. The molecule has 2 fully saturated rings. The molecule has 0 spiro atoms. The molecule has 2 saturated heterocycles. The Morgan fingerprint density at radius 3 is 2.60 bits per heavy atom. The topological polar surface area (TPSA) is 58.2 Å². The van der Waals surface area contributed by atoms with Gasteiger partial charge in [0.1, 0.15) is 0 Å². The quantitative estimate of drug-likeness (QED) is 0.786. The van der Waals surface area contributed by atoms with Crippen LogP contribution in [-0.2, 0) is 0 Å². The van der Waals surface area contributed by atoms with E-state index in [0.29, 0.717) is 12.1 Å². The van der Waals surface area contributed by atoms with E-state index in [0.717, 1.165) is 32.4 Å². The number of ketones is 1. The molecule has 0 radical (unpaired) electrons. The molecule has 2 aliphatic rings. The van der Waals surface area contributed by atoms with E-state index in [1.54, 1.807) is 18.7 Å². The zero-order valence-electron chi connectivity index (χ0n) is 14.0. The standard InChI is InChI=1S/C19H20N2O2S2/c1-11(22)12-2-5-14(6-3-12)24-18-9-8-17(25-18)19(23)21-16-10-13-4-7-15(16)20-13/h2-3,5-6,8-9,13,15-16,20H,4,7,10H2,1H3,(H,21,23). The van der Waals surface area contributed by atoms with E-state index in [1.165, 1.54) is 17.8 Å². The van der Waals surface area contributed by atoms with Gasteiger partial charge in [-0.05, 0) is 50.5 Å². The summed E-state index contributed by atoms with van der Waals surface area (Å²) in [6.07, 6.45) is 3.45. The van der Waals surface area contributed by atoms with Gasteiger partial charge in [0.15, 0.2) is 5.78 Å². The molecule has 1 aromatic carbocycles. The van der Waals surface area contributed by atoms with Crippen molar-refractivity contribution in [2.24, 2.45) is 0 Å². The van der Waals surface area contributed by atoms with Gasteiger partial charge in [-0.2, -0.15) is 0 Å². The van der Waals surface area contributed by atoms with E-state index >= 15 is 0 Å². The van der Waals surface area contributed by atoms with Gasteiger partial charge in [-0.1, -0.05) is 23.9 Å². The van der Waals surface area contributed by atoms with Crippen LogP contribution in [0.5, 0.6) is 0 Å². The number of carbonyl (C=O) groups excluding carboxylic acids is 2. The molecule has 2 N–H and O–H groups in total. The Morgan fingerprint density at radius 1 is 1.16 bits per heavy atom. The normalized spacial score (nSPS) is 24.4. The Labute approximate surface area is 155 Å². The maximum atomic E-state index is 12.5. The summed E-state index contributed by atoms with van der Waals surface area (Å²) in [5.74, 6) is 0.102. The molecular formula is C19H20N2O2S2. The number of hydrogen-bond donors (Lipinski definition) is 2. The van der Waals surface area contributed by atoms with Crippen LogP contribution in [0, 0.1) is 0 Å². The van der Waals surface area contributed by atoms with Crippen LogP contribution < -0.4 is 10.6 Å². The van der Waals surface area contributed by atoms with Gasteiger partial charge < -0.3 is 10.6 Å². The van der Waals surface area contributed by atoms with Crippen molar-refractivity contribution in [3.8, 4) is 0 Å². The summed E-state index contributed by atoms with van der Waals surface area (Å²) in [5.41, 5.74) is 0.718. The first-order valence-corrected chi connectivity index (χ1v) is 10.2. The highest BCUT2D eigenvalue weighted by Gasteiger charge is 2.39. The predicted molar refractivity (Wildman–Crippen MR) is 101 cm³/mol. The minimum atomic E-state index is 0.0307. The van der Waals surface area contributed by atoms with E-state index in [4.69, 9.17) is 0 Å². The van der Waals surface area contributed by atoms with Crippen molar-refractivity contribution in [3.63, 3.8) is 0 Å². The third kappa shape index (κ3) is 3.66. The lowest BCUT2D eigenvalue weighted by Crippen LogP contribution is -2.42. The molecule has 2 bridgehead atoms. The molecule has 1 aromatic heterocycles. The monoisotopic (exact) mass is 372 g/mol. The van der Waals surface area contributed by atoms with Gasteiger partial charge in [-0.15, -0.1) is 11.3 Å². The summed E-state index contributed by atoms with van der Waals surface area (Å²) >= 11 is 3.13. The molecule has 3 heterocycles. The Balaban J connectivity index is 1.38. The second kappa shape index (κ2) is 6.94. The second-order valence-electron chi connectivity index (χ2n) is 6.66. The fraction of sp³-hybridized carbons (Fsp3) is 0.368. The molecule has 0 saturated carbocycles. The van der Waals surface area contributed by atoms with Gasteiger partial charge in [0, 0.05) is 28.6 Å². The fourth-order valence-electron chi connectivity index (χ4n) is 3.59. The number of hydrogen-bond acceptors (Lipinski definition) is 5. The van der Waals surface area contributed by atoms with Crippen LogP contribution in [0.2, 0.25) is 0 Å². The third-order valence-corrected chi connectivity index (χ3v) is 7.12. The van der Waals surface area contributed by atoms with Crippen LogP contribution in [0.25, 0.3) is 0 Å². The van der Waals surface area contributed by atoms with E-state index < -0.39 is 0 Å². The number of thiophene rings is 1. The number of Topliss-reactive ketones (excluding diaryl/α,β-unsaturated/α-hetero) is 1. The van der Waals surface area contributed by atoms with E-state index in [9.17, 15) is 9.59 Å². The number of amides is 1. The van der Waals surface area contributed by atoms with Crippen molar-refractivity contribution in [1.29, 1.82) is 0 Å². The Kier molecular flexibility index (Phi) is 4.67. The minimum absolute atomic E-state index is 0.0307. The lowest BCUT2D eigenvalue weighted by atomic mass is 9.95. The Morgan fingerprint density at radius 2 is 1.96 bits per heavy atom. The van der Waals surface area contributed by atoms with Crippen LogP contribution >= 0.6 is 23.1 Å². The van der Waals surface area contributed by atoms with Crippen molar-refractivity contribution in [2.45, 2.75) is 53.4 Å². The number of carbonyl (C=O) groups is 2. The summed E-state index contributed by atoms with van der Waals surface area (Å²) in [4.78, 5) is 25.6. The van der Waals surface area contributed by atoms with Crippen molar-refractivity contribution in [3.05, 3.63) is 46.8 Å². The molecule has 25 heavy (non-hydrogen) atoms. The molecule has 2 aliphatic heterocycles. The van der Waals surface area contributed by atoms with Crippen molar-refractivity contribution < 1.29 is 9.59 Å². The summed E-state index contributed by atoms with van der Waals surface area (Å²) in [6, 6.07) is 12.8. The largest absolute Gasteiger partial charge is 0.347 e. The van der Waals surface area contributed by atoms with Crippen molar-refractivity contribution >= 4 is 34.8 Å². The molecule has 4 nitrogen and oxygen atoms in total. The zero-order chi connectivity index (χ0) is 17.4. The number of nitrogens with one attached hydrogen (secondary N) is 2. The Bertz CT molecular complexity index is 800. The van der Waals surface area contributed by atoms with Crippen LogP contribution in [-0.4, -0.2) is 29.8 Å². The van der Waals surface area contributed by atoms with Gasteiger partial charge in [0.25, 0.3) is 5.91 Å². The van der Waals surface area contributed by atoms with Crippen molar-refractivity contribution in [2.75, 3.05) is 0 Å². The zero-order valence-corrected chi connectivity index (χ0v) is 15.6. The smallest absolute Gasteiger partial charge is 0.261 e. The summed E-state index contributed by atoms with van der Waals surface area (Å²) < 4.78 is 1.08. The first-order valence-electron chi connectivity index (χ1n) is 8.54. The van der Waals surface area contributed by atoms with Crippen LogP contribution in [0.3, 0.4) is 0 Å². The molecule has 130 valence electrons. The molecule has 1 amide bonds. The highest BCUT2D eigenvalue weighted by molar-refractivity contribution is 8.01. The molecule has 2 aromatic rings. The van der Waals surface area contributed by atoms with Gasteiger partial charge in [0.2, 0.25) is 0 Å². The van der Waals surface area contributed by atoms with Gasteiger partial charge in [-0.25, -0.2) is 0 Å². The van der Waals surface area contributed by atoms with Gasteiger partial charge in [-0.3, -0.25) is 9.59 Å². The van der Waals surface area contributed by atoms with E-state index in [2.05, 4.69) is 10.6 Å². The molecule has 6 heteroatoms. The average Bonchev–Trinajstić information content (AvgIpc) is 3.32. The average molecular weight is 373 g/mol. The lowest BCUT2D eigenvalue weighted by molar-refractivity contribution is 0.0934. The van der Waals surface area contributed by atoms with Crippen molar-refractivity contribution in [1.82, 2.24) is 10.6 Å². The van der Waals surface area contributed by atoms with E-state index in [1.807, 2.05) is 36.4 Å². The molecule has 0 aliphatic carbocycles. The first kappa shape index (κ1) is 16.8. The van der Waals surface area contributed by atoms with Crippen LogP contribution in [0.15, 0.2) is 45.5 Å². The molecular weight excluding hydrogens is 352 g/mol. The summed E-state index contributed by atoms with van der Waals surface area (Å²) in [7, 11) is 0. The lowest BCUT2D eigenvalue weighted by Gasteiger charge is -2.20. The number of rotatable bonds is 5. The molecule has 3 unspecified atom stereocenters. The van der Waals surface area contributed by atoms with Crippen LogP contribution in [0.4, 0.5) is 0 Å². The third-order valence-electron chi connectivity index (χ3n) is 4.90. The summed E-state index contributed by atoms with van der Waals surface area (Å²) in [5, 5.41) is 6.73. The second-order valence-corrected chi connectivity index (χ2v) is 9.12. The predicted octanol–water partition coefficient (Wildman–Crippen LogP) is 3.72. The van der Waals surface area contributed by atoms with E-state index in [-0.39, 0.29) is 17.7 Å². The number of fused-ring (bicyclic) bond motifs is 2. The Hall–Kier alpha value is -1.63. The molecule has 4 rings (SSSR count). The summed E-state index contributed by atoms with van der Waals surface area (Å²) in [6.45, 7) is 1.57. The minimum Gasteiger partial charge on any atom is -0.347 e. The highest BCUT2D eigenvalue weighted by atomic mass is 32.2. The van der Waals surface area contributed by atoms with Gasteiger partial charge in [0.05, 0.1) is 9.09 Å². The maximum absolute atomic E-state index is 12.5. The highest BCUT2D eigenvalue weighted by Crippen LogP contribution is 2.34. The van der Waals surface area contributed by atoms with Gasteiger partial charge >= 0.3 is 0 Å². The maximum Gasteiger partial charge on any atom is 0.261 e. The fourth-order valence-corrected chi connectivity index (χ4v) is 5.60. The van der Waals surface area contributed by atoms with Crippen LogP contribution in [0.1, 0.15) is 46.2 Å². The SMILES string of the molecule is CC(=O)c1ccc(Sc2ccc(C(=O)NC3CC4CCC3N4)s2)cc1. The molecule has 3 atom stereocenters.